The number of aryl methyl sites for hydroxylation is 2. The molecule has 7 nitrogen and oxygen atoms in total. The van der Waals surface area contributed by atoms with Gasteiger partial charge in [0.05, 0.1) is 10.5 Å². The Morgan fingerprint density at radius 1 is 1.20 bits per heavy atom. The van der Waals surface area contributed by atoms with Crippen molar-refractivity contribution >= 4 is 23.3 Å². The number of anilines is 1. The SMILES string of the molecule is Cc1ccc(NC(=O)COC(=O)c2ccc(C)c(F)c2)c([N+](=O)[O-])c1. The summed E-state index contributed by atoms with van der Waals surface area (Å²) in [7, 11) is 0. The number of nitro benzene ring substituents is 1. The fourth-order valence-corrected chi connectivity index (χ4v) is 2.02. The lowest BCUT2D eigenvalue weighted by molar-refractivity contribution is -0.384. The molecule has 0 fully saturated rings. The summed E-state index contributed by atoms with van der Waals surface area (Å²) in [6, 6.07) is 8.12. The third kappa shape index (κ3) is 4.60. The number of nitrogens with zero attached hydrogens (tertiary/aromatic N) is 1. The number of carbonyl (C=O) groups is 2. The van der Waals surface area contributed by atoms with Gasteiger partial charge in [0.25, 0.3) is 11.6 Å². The molecule has 0 bridgehead atoms. The monoisotopic (exact) mass is 346 g/mol. The van der Waals surface area contributed by atoms with Crippen molar-refractivity contribution in [2.75, 3.05) is 11.9 Å². The molecular formula is C17H15FN2O5. The number of esters is 1. The molecule has 0 saturated heterocycles. The van der Waals surface area contributed by atoms with Gasteiger partial charge >= 0.3 is 5.97 Å². The minimum atomic E-state index is -0.868. The number of amides is 1. The molecule has 0 aliphatic heterocycles. The van der Waals surface area contributed by atoms with Gasteiger partial charge in [-0.1, -0.05) is 12.1 Å². The molecule has 0 heterocycles. The molecule has 2 aromatic rings. The van der Waals surface area contributed by atoms with Crippen molar-refractivity contribution in [2.45, 2.75) is 13.8 Å². The Hall–Kier alpha value is -3.29. The van der Waals surface area contributed by atoms with Crippen molar-refractivity contribution in [1.29, 1.82) is 0 Å². The van der Waals surface area contributed by atoms with Crippen LogP contribution < -0.4 is 5.32 Å². The highest BCUT2D eigenvalue weighted by Gasteiger charge is 2.17. The predicted molar refractivity (Wildman–Crippen MR) is 87.9 cm³/mol. The largest absolute Gasteiger partial charge is 0.452 e. The number of hydrogen-bond acceptors (Lipinski definition) is 5. The molecule has 0 aliphatic rings. The number of hydrogen-bond donors (Lipinski definition) is 1. The van der Waals surface area contributed by atoms with Crippen LogP contribution in [0, 0.1) is 29.8 Å². The number of ether oxygens (including phenoxy) is 1. The molecule has 130 valence electrons. The molecular weight excluding hydrogens is 331 g/mol. The van der Waals surface area contributed by atoms with Gasteiger partial charge in [-0.25, -0.2) is 9.18 Å². The fourth-order valence-electron chi connectivity index (χ4n) is 2.02. The van der Waals surface area contributed by atoms with Crippen molar-refractivity contribution in [2.24, 2.45) is 0 Å². The summed E-state index contributed by atoms with van der Waals surface area (Å²) in [6.45, 7) is 2.58. The first-order valence-electron chi connectivity index (χ1n) is 7.26. The highest BCUT2D eigenvalue weighted by Crippen LogP contribution is 2.25. The fraction of sp³-hybridized carbons (Fsp3) is 0.176. The van der Waals surface area contributed by atoms with E-state index in [-0.39, 0.29) is 16.9 Å². The van der Waals surface area contributed by atoms with E-state index < -0.39 is 29.2 Å². The van der Waals surface area contributed by atoms with E-state index in [9.17, 15) is 24.1 Å². The van der Waals surface area contributed by atoms with Gasteiger partial charge in [-0.3, -0.25) is 14.9 Å². The Morgan fingerprint density at radius 3 is 2.56 bits per heavy atom. The van der Waals surface area contributed by atoms with Gasteiger partial charge in [-0.15, -0.1) is 0 Å². The van der Waals surface area contributed by atoms with E-state index in [1.54, 1.807) is 19.9 Å². The van der Waals surface area contributed by atoms with Gasteiger partial charge in [-0.05, 0) is 43.2 Å². The maximum absolute atomic E-state index is 13.4. The summed E-state index contributed by atoms with van der Waals surface area (Å²) in [6.07, 6.45) is 0. The second-order valence-corrected chi connectivity index (χ2v) is 5.37. The topological polar surface area (TPSA) is 98.5 Å². The van der Waals surface area contributed by atoms with E-state index in [4.69, 9.17) is 4.74 Å². The maximum atomic E-state index is 13.4. The molecule has 0 atom stereocenters. The second-order valence-electron chi connectivity index (χ2n) is 5.37. The zero-order chi connectivity index (χ0) is 18.6. The summed E-state index contributed by atoms with van der Waals surface area (Å²) in [5, 5.41) is 13.3. The Bertz CT molecular complexity index is 851. The normalized spacial score (nSPS) is 10.2. The van der Waals surface area contributed by atoms with Crippen molar-refractivity contribution in [1.82, 2.24) is 0 Å². The minimum Gasteiger partial charge on any atom is -0.452 e. The number of benzene rings is 2. The van der Waals surface area contributed by atoms with E-state index in [0.29, 0.717) is 11.1 Å². The van der Waals surface area contributed by atoms with Crippen LogP contribution in [0.4, 0.5) is 15.8 Å². The lowest BCUT2D eigenvalue weighted by Crippen LogP contribution is -2.21. The number of carbonyl (C=O) groups excluding carboxylic acids is 2. The van der Waals surface area contributed by atoms with Gasteiger partial charge in [0.2, 0.25) is 0 Å². The van der Waals surface area contributed by atoms with Crippen LogP contribution in [-0.2, 0) is 9.53 Å². The summed E-state index contributed by atoms with van der Waals surface area (Å²) < 4.78 is 18.2. The van der Waals surface area contributed by atoms with Crippen LogP contribution in [0.1, 0.15) is 21.5 Å². The predicted octanol–water partition coefficient (Wildman–Crippen LogP) is 3.15. The van der Waals surface area contributed by atoms with Crippen LogP contribution in [-0.4, -0.2) is 23.4 Å². The summed E-state index contributed by atoms with van der Waals surface area (Å²) in [4.78, 5) is 34.0. The Labute approximate surface area is 142 Å². The zero-order valence-corrected chi connectivity index (χ0v) is 13.5. The lowest BCUT2D eigenvalue weighted by atomic mass is 10.1. The third-order valence-electron chi connectivity index (χ3n) is 3.37. The highest BCUT2D eigenvalue weighted by molar-refractivity contribution is 5.96. The Kier molecular flexibility index (Phi) is 5.43. The molecule has 8 heteroatoms. The van der Waals surface area contributed by atoms with Gasteiger partial charge in [-0.2, -0.15) is 0 Å². The average molecular weight is 346 g/mol. The quantitative estimate of drug-likeness (QED) is 0.509. The van der Waals surface area contributed by atoms with E-state index >= 15 is 0 Å². The zero-order valence-electron chi connectivity index (χ0n) is 13.5. The second kappa shape index (κ2) is 7.52. The van der Waals surface area contributed by atoms with Crippen molar-refractivity contribution in [3.63, 3.8) is 0 Å². The van der Waals surface area contributed by atoms with Crippen LogP contribution in [0.5, 0.6) is 0 Å². The number of halogens is 1. The van der Waals surface area contributed by atoms with Crippen LogP contribution in [0.3, 0.4) is 0 Å². The van der Waals surface area contributed by atoms with Gasteiger partial charge in [0.1, 0.15) is 11.5 Å². The van der Waals surface area contributed by atoms with Crippen LogP contribution in [0.15, 0.2) is 36.4 Å². The molecule has 0 radical (unpaired) electrons. The molecule has 0 aliphatic carbocycles. The van der Waals surface area contributed by atoms with E-state index in [1.165, 1.54) is 24.3 Å². The van der Waals surface area contributed by atoms with Gasteiger partial charge < -0.3 is 10.1 Å². The number of nitrogens with one attached hydrogen (secondary N) is 1. The Morgan fingerprint density at radius 2 is 1.92 bits per heavy atom. The molecule has 0 spiro atoms. The molecule has 1 amide bonds. The molecule has 0 aromatic heterocycles. The maximum Gasteiger partial charge on any atom is 0.338 e. The summed E-state index contributed by atoms with van der Waals surface area (Å²) >= 11 is 0. The van der Waals surface area contributed by atoms with Crippen LogP contribution in [0.25, 0.3) is 0 Å². The molecule has 0 unspecified atom stereocenters. The molecule has 2 aromatic carbocycles. The molecule has 25 heavy (non-hydrogen) atoms. The molecule has 0 saturated carbocycles. The first-order chi connectivity index (χ1) is 11.8. The van der Waals surface area contributed by atoms with Crippen LogP contribution in [0.2, 0.25) is 0 Å². The Balaban J connectivity index is 2.00. The van der Waals surface area contributed by atoms with E-state index in [1.807, 2.05) is 0 Å². The van der Waals surface area contributed by atoms with E-state index in [2.05, 4.69) is 5.32 Å². The highest BCUT2D eigenvalue weighted by atomic mass is 19.1. The molecule has 1 N–H and O–H groups in total. The van der Waals surface area contributed by atoms with Gasteiger partial charge in [0, 0.05) is 6.07 Å². The first kappa shape index (κ1) is 18.1. The van der Waals surface area contributed by atoms with Crippen molar-refractivity contribution < 1.29 is 23.6 Å². The first-order valence-corrected chi connectivity index (χ1v) is 7.26. The lowest BCUT2D eigenvalue weighted by Gasteiger charge is -2.08. The number of nitro groups is 1. The third-order valence-corrected chi connectivity index (χ3v) is 3.37. The summed E-state index contributed by atoms with van der Waals surface area (Å²) in [5.41, 5.74) is 0.744. The minimum absolute atomic E-state index is 0.00182. The summed E-state index contributed by atoms with van der Waals surface area (Å²) in [5.74, 6) is -2.17. The van der Waals surface area contributed by atoms with Crippen LogP contribution >= 0.6 is 0 Å². The van der Waals surface area contributed by atoms with Gasteiger partial charge in [0.15, 0.2) is 6.61 Å². The number of rotatable bonds is 5. The van der Waals surface area contributed by atoms with E-state index in [0.717, 1.165) is 6.07 Å². The molecule has 2 rings (SSSR count). The average Bonchev–Trinajstić information content (AvgIpc) is 2.56. The van der Waals surface area contributed by atoms with Crippen molar-refractivity contribution in [3.8, 4) is 0 Å². The standard InChI is InChI=1S/C17H15FN2O5/c1-10-3-6-14(15(7-10)20(23)24)19-16(21)9-25-17(22)12-5-4-11(2)13(18)8-12/h3-8H,9H2,1-2H3,(H,19,21). The van der Waals surface area contributed by atoms with Crippen molar-refractivity contribution in [3.05, 3.63) is 69.0 Å². The smallest absolute Gasteiger partial charge is 0.338 e.